The molecule has 1 atom stereocenters. The number of hydrogen-bond donors (Lipinski definition) is 2. The first kappa shape index (κ1) is 18.8. The van der Waals surface area contributed by atoms with Gasteiger partial charge in [-0.25, -0.2) is 9.78 Å². The molecule has 7 nitrogen and oxygen atoms in total. The zero-order valence-corrected chi connectivity index (χ0v) is 15.3. The van der Waals surface area contributed by atoms with Crippen molar-refractivity contribution >= 4 is 17.7 Å². The molecular weight excluding hydrogens is 344 g/mol. The van der Waals surface area contributed by atoms with E-state index in [0.29, 0.717) is 31.5 Å². The van der Waals surface area contributed by atoms with E-state index < -0.39 is 11.5 Å². The summed E-state index contributed by atoms with van der Waals surface area (Å²) in [6.07, 6.45) is 6.56. The third-order valence-corrected chi connectivity index (χ3v) is 5.24. The molecule has 1 aromatic carbocycles. The van der Waals surface area contributed by atoms with Crippen LogP contribution in [0.25, 0.3) is 0 Å². The van der Waals surface area contributed by atoms with Gasteiger partial charge in [0.25, 0.3) is 0 Å². The van der Waals surface area contributed by atoms with Crippen molar-refractivity contribution in [1.82, 2.24) is 15.3 Å². The van der Waals surface area contributed by atoms with Gasteiger partial charge in [0.05, 0.1) is 6.20 Å². The quantitative estimate of drug-likeness (QED) is 0.812. The molecule has 7 heteroatoms. The molecule has 0 aliphatic carbocycles. The number of carbonyl (C=O) groups is 2. The summed E-state index contributed by atoms with van der Waals surface area (Å²) in [5.74, 6) is -0.663. The smallest absolute Gasteiger partial charge is 0.334 e. The minimum Gasteiger partial charge on any atom is -0.479 e. The molecule has 1 aliphatic heterocycles. The van der Waals surface area contributed by atoms with Gasteiger partial charge in [-0.1, -0.05) is 37.3 Å². The van der Waals surface area contributed by atoms with Crippen LogP contribution in [0.4, 0.5) is 5.82 Å². The standard InChI is InChI=1S/C20H24N4O3/c1-2-20(19(26)27,16-6-4-3-5-7-16)23-18(25)15-8-12-24(13-9-15)17-14-21-10-11-22-17/h3-7,10-11,14-15H,2,8-9,12-13H2,1H3,(H,23,25)(H,26,27). The summed E-state index contributed by atoms with van der Waals surface area (Å²) < 4.78 is 0. The maximum Gasteiger partial charge on any atom is 0.334 e. The van der Waals surface area contributed by atoms with Crippen molar-refractivity contribution in [2.45, 2.75) is 31.7 Å². The lowest BCUT2D eigenvalue weighted by molar-refractivity contribution is -0.149. The number of carboxylic acid groups (broad SMARTS) is 1. The Bertz CT molecular complexity index is 776. The molecule has 0 saturated carbocycles. The molecule has 1 amide bonds. The Morgan fingerprint density at radius 2 is 1.93 bits per heavy atom. The molecule has 1 unspecified atom stereocenters. The average Bonchev–Trinajstić information content (AvgIpc) is 2.73. The van der Waals surface area contributed by atoms with Crippen LogP contribution in [0.1, 0.15) is 31.7 Å². The summed E-state index contributed by atoms with van der Waals surface area (Å²) in [6, 6.07) is 8.89. The summed E-state index contributed by atoms with van der Waals surface area (Å²) in [7, 11) is 0. The number of anilines is 1. The molecule has 1 saturated heterocycles. The Morgan fingerprint density at radius 1 is 1.22 bits per heavy atom. The van der Waals surface area contributed by atoms with Gasteiger partial charge in [-0.15, -0.1) is 0 Å². The molecular formula is C20H24N4O3. The predicted octanol–water partition coefficient (Wildman–Crippen LogP) is 2.20. The number of piperidine rings is 1. The zero-order chi connectivity index (χ0) is 19.3. The van der Waals surface area contributed by atoms with E-state index in [2.05, 4.69) is 20.2 Å². The first-order valence-corrected chi connectivity index (χ1v) is 9.18. The van der Waals surface area contributed by atoms with Crippen LogP contribution in [0.5, 0.6) is 0 Å². The Hall–Kier alpha value is -2.96. The number of carbonyl (C=O) groups excluding carboxylic acids is 1. The zero-order valence-electron chi connectivity index (χ0n) is 15.3. The van der Waals surface area contributed by atoms with Gasteiger partial charge < -0.3 is 15.3 Å². The number of carboxylic acids is 1. The fraction of sp³-hybridized carbons (Fsp3) is 0.400. The molecule has 142 valence electrons. The molecule has 0 bridgehead atoms. The molecule has 0 radical (unpaired) electrons. The van der Waals surface area contributed by atoms with Crippen molar-refractivity contribution in [3.63, 3.8) is 0 Å². The van der Waals surface area contributed by atoms with Gasteiger partial charge in [0.15, 0.2) is 5.54 Å². The number of rotatable bonds is 6. The van der Waals surface area contributed by atoms with E-state index in [-0.39, 0.29) is 18.2 Å². The Morgan fingerprint density at radius 3 is 2.48 bits per heavy atom. The number of benzene rings is 1. The maximum absolute atomic E-state index is 12.9. The molecule has 0 spiro atoms. The van der Waals surface area contributed by atoms with Crippen LogP contribution < -0.4 is 10.2 Å². The van der Waals surface area contributed by atoms with E-state index in [1.54, 1.807) is 49.8 Å². The molecule has 2 aromatic rings. The molecule has 1 aromatic heterocycles. The van der Waals surface area contributed by atoms with E-state index in [1.807, 2.05) is 6.07 Å². The van der Waals surface area contributed by atoms with Gasteiger partial charge in [0.1, 0.15) is 5.82 Å². The fourth-order valence-corrected chi connectivity index (χ4v) is 3.55. The highest BCUT2D eigenvalue weighted by Crippen LogP contribution is 2.28. The van der Waals surface area contributed by atoms with Crippen molar-refractivity contribution in [3.8, 4) is 0 Å². The van der Waals surface area contributed by atoms with E-state index >= 15 is 0 Å². The van der Waals surface area contributed by atoms with E-state index in [1.165, 1.54) is 0 Å². The van der Waals surface area contributed by atoms with Gasteiger partial charge in [-0.2, -0.15) is 0 Å². The number of amides is 1. The lowest BCUT2D eigenvalue weighted by Gasteiger charge is -2.35. The Labute approximate surface area is 158 Å². The van der Waals surface area contributed by atoms with Crippen LogP contribution in [0.15, 0.2) is 48.9 Å². The molecule has 3 rings (SSSR count). The summed E-state index contributed by atoms with van der Waals surface area (Å²) in [5, 5.41) is 12.7. The topological polar surface area (TPSA) is 95.4 Å². The van der Waals surface area contributed by atoms with Crippen molar-refractivity contribution in [2.75, 3.05) is 18.0 Å². The second-order valence-electron chi connectivity index (χ2n) is 6.74. The minimum absolute atomic E-state index is 0.207. The summed E-state index contributed by atoms with van der Waals surface area (Å²) in [4.78, 5) is 35.4. The van der Waals surface area contributed by atoms with Crippen molar-refractivity contribution in [2.24, 2.45) is 5.92 Å². The lowest BCUT2D eigenvalue weighted by Crippen LogP contribution is -2.54. The van der Waals surface area contributed by atoms with E-state index in [9.17, 15) is 14.7 Å². The van der Waals surface area contributed by atoms with E-state index in [4.69, 9.17) is 0 Å². The summed E-state index contributed by atoms with van der Waals surface area (Å²) in [6.45, 7) is 3.15. The minimum atomic E-state index is -1.40. The number of nitrogens with one attached hydrogen (secondary N) is 1. The first-order valence-electron chi connectivity index (χ1n) is 9.18. The monoisotopic (exact) mass is 368 g/mol. The normalized spacial score (nSPS) is 17.1. The predicted molar refractivity (Wildman–Crippen MR) is 101 cm³/mol. The van der Waals surface area contributed by atoms with Gasteiger partial charge >= 0.3 is 5.97 Å². The highest BCUT2D eigenvalue weighted by atomic mass is 16.4. The molecule has 1 aliphatic rings. The van der Waals surface area contributed by atoms with Crippen LogP contribution >= 0.6 is 0 Å². The number of aliphatic carboxylic acids is 1. The van der Waals surface area contributed by atoms with E-state index in [0.717, 1.165) is 5.82 Å². The maximum atomic E-state index is 12.9. The molecule has 27 heavy (non-hydrogen) atoms. The highest BCUT2D eigenvalue weighted by Gasteiger charge is 2.41. The largest absolute Gasteiger partial charge is 0.479 e. The van der Waals surface area contributed by atoms with Gasteiger partial charge in [0.2, 0.25) is 5.91 Å². The third kappa shape index (κ3) is 3.92. The molecule has 2 N–H and O–H groups in total. The second kappa shape index (κ2) is 8.16. The van der Waals surface area contributed by atoms with Crippen molar-refractivity contribution in [3.05, 3.63) is 54.5 Å². The third-order valence-electron chi connectivity index (χ3n) is 5.24. The number of hydrogen-bond acceptors (Lipinski definition) is 5. The fourth-order valence-electron chi connectivity index (χ4n) is 3.55. The van der Waals surface area contributed by atoms with Gasteiger partial charge in [-0.05, 0) is 24.8 Å². The van der Waals surface area contributed by atoms with Crippen LogP contribution in [-0.4, -0.2) is 40.0 Å². The van der Waals surface area contributed by atoms with Gasteiger partial charge in [0, 0.05) is 31.4 Å². The Kier molecular flexibility index (Phi) is 5.69. The van der Waals surface area contributed by atoms with Crippen LogP contribution in [0.2, 0.25) is 0 Å². The van der Waals surface area contributed by atoms with Gasteiger partial charge in [-0.3, -0.25) is 9.78 Å². The number of aromatic nitrogens is 2. The lowest BCUT2D eigenvalue weighted by atomic mass is 9.85. The first-order chi connectivity index (χ1) is 13.1. The summed E-state index contributed by atoms with van der Waals surface area (Å²) >= 11 is 0. The van der Waals surface area contributed by atoms with Crippen LogP contribution in [-0.2, 0) is 15.1 Å². The second-order valence-corrected chi connectivity index (χ2v) is 6.74. The SMILES string of the molecule is CCC(NC(=O)C1CCN(c2cnccn2)CC1)(C(=O)O)c1ccccc1. The number of nitrogens with zero attached hydrogens (tertiary/aromatic N) is 3. The highest BCUT2D eigenvalue weighted by molar-refractivity contribution is 5.89. The van der Waals surface area contributed by atoms with Crippen LogP contribution in [0, 0.1) is 5.92 Å². The summed E-state index contributed by atoms with van der Waals surface area (Å²) in [5.41, 5.74) is -0.814. The molecule has 1 fully saturated rings. The average molecular weight is 368 g/mol. The van der Waals surface area contributed by atoms with Crippen molar-refractivity contribution < 1.29 is 14.7 Å². The van der Waals surface area contributed by atoms with Crippen LogP contribution in [0.3, 0.4) is 0 Å². The Balaban J connectivity index is 1.69. The van der Waals surface area contributed by atoms with Crippen molar-refractivity contribution in [1.29, 1.82) is 0 Å². The molecule has 2 heterocycles.